The highest BCUT2D eigenvalue weighted by Gasteiger charge is 2.26. The summed E-state index contributed by atoms with van der Waals surface area (Å²) in [6, 6.07) is 15.0. The summed E-state index contributed by atoms with van der Waals surface area (Å²) in [5.41, 5.74) is 4.21. The minimum Gasteiger partial charge on any atom is -0.497 e. The van der Waals surface area contributed by atoms with Gasteiger partial charge in [0, 0.05) is 16.6 Å². The van der Waals surface area contributed by atoms with E-state index >= 15 is 0 Å². The van der Waals surface area contributed by atoms with Crippen molar-refractivity contribution >= 4 is 28.1 Å². The Morgan fingerprint density at radius 1 is 1.12 bits per heavy atom. The molecule has 4 rings (SSSR count). The first-order valence-electron chi connectivity index (χ1n) is 10.2. The molecule has 1 atom stereocenters. The number of hydrogen-bond donors (Lipinski definition) is 2. The van der Waals surface area contributed by atoms with Crippen LogP contribution in [0.25, 0.3) is 0 Å². The van der Waals surface area contributed by atoms with Gasteiger partial charge in [0.05, 0.1) is 19.4 Å². The third kappa shape index (κ3) is 4.53. The van der Waals surface area contributed by atoms with E-state index in [1.807, 2.05) is 43.3 Å². The van der Waals surface area contributed by atoms with E-state index in [1.54, 1.807) is 36.8 Å². The predicted octanol–water partition coefficient (Wildman–Crippen LogP) is 6.12. The number of carbonyl (C=O) groups excluding carboxylic acids is 1. The maximum absolute atomic E-state index is 12.8. The van der Waals surface area contributed by atoms with Gasteiger partial charge in [-0.1, -0.05) is 12.1 Å². The molecule has 3 aromatic heterocycles. The second kappa shape index (κ2) is 9.28. The number of amides is 1. The first kappa shape index (κ1) is 21.6. The number of nitrogens with one attached hydrogen (secondary N) is 2. The van der Waals surface area contributed by atoms with Crippen LogP contribution in [0, 0.1) is 20.8 Å². The maximum Gasteiger partial charge on any atom is 0.291 e. The summed E-state index contributed by atoms with van der Waals surface area (Å²) in [7, 11) is 1.65. The molecule has 0 saturated carbocycles. The van der Waals surface area contributed by atoms with E-state index in [1.165, 1.54) is 6.26 Å². The number of thiophene rings is 1. The lowest BCUT2D eigenvalue weighted by Crippen LogP contribution is -2.18. The number of hydrogen-bond acceptors (Lipinski definition) is 6. The SMILES string of the molecule is COc1cccc(C(Nc2cc(C)ccn2)c2c(NC(=O)c3ccco3)sc(C)c2C)c1. The van der Waals surface area contributed by atoms with Crippen LogP contribution in [0.15, 0.2) is 65.4 Å². The van der Waals surface area contributed by atoms with Gasteiger partial charge in [0.2, 0.25) is 0 Å². The average molecular weight is 448 g/mol. The minimum absolute atomic E-state index is 0.253. The van der Waals surface area contributed by atoms with E-state index in [4.69, 9.17) is 9.15 Å². The average Bonchev–Trinajstić information content (AvgIpc) is 3.41. The lowest BCUT2D eigenvalue weighted by Gasteiger charge is -2.23. The second-order valence-corrected chi connectivity index (χ2v) is 8.75. The van der Waals surface area contributed by atoms with Crippen molar-refractivity contribution in [1.82, 2.24) is 4.98 Å². The number of aryl methyl sites for hydroxylation is 2. The minimum atomic E-state index is -0.282. The molecule has 0 spiro atoms. The molecular weight excluding hydrogens is 422 g/mol. The number of furan rings is 1. The highest BCUT2D eigenvalue weighted by atomic mass is 32.1. The summed E-state index contributed by atoms with van der Waals surface area (Å²) in [4.78, 5) is 18.4. The van der Waals surface area contributed by atoms with Gasteiger partial charge in [0.25, 0.3) is 5.91 Å². The number of anilines is 2. The predicted molar refractivity (Wildman–Crippen MR) is 128 cm³/mol. The Kier molecular flexibility index (Phi) is 6.28. The molecule has 1 unspecified atom stereocenters. The van der Waals surface area contributed by atoms with Crippen LogP contribution >= 0.6 is 11.3 Å². The summed E-state index contributed by atoms with van der Waals surface area (Å²) in [6.45, 7) is 6.16. The highest BCUT2D eigenvalue weighted by Crippen LogP contribution is 2.41. The zero-order valence-electron chi connectivity index (χ0n) is 18.4. The zero-order chi connectivity index (χ0) is 22.7. The number of benzene rings is 1. The van der Waals surface area contributed by atoms with Crippen molar-refractivity contribution in [1.29, 1.82) is 0 Å². The fraction of sp³-hybridized carbons (Fsp3) is 0.200. The van der Waals surface area contributed by atoms with E-state index in [0.717, 1.165) is 43.7 Å². The summed E-state index contributed by atoms with van der Waals surface area (Å²) in [6.07, 6.45) is 3.27. The molecule has 3 heterocycles. The standard InChI is InChI=1S/C25H25N3O3S/c1-15-10-11-26-21(13-15)27-23(18-7-5-8-19(14-18)30-4)22-16(2)17(3)32-25(22)28-24(29)20-9-6-12-31-20/h5-14,23H,1-4H3,(H,26,27)(H,28,29). The van der Waals surface area contributed by atoms with E-state index in [9.17, 15) is 4.79 Å². The van der Waals surface area contributed by atoms with Crippen molar-refractivity contribution in [2.24, 2.45) is 0 Å². The van der Waals surface area contributed by atoms with Gasteiger partial charge in [-0.25, -0.2) is 4.98 Å². The van der Waals surface area contributed by atoms with Crippen LogP contribution in [0.5, 0.6) is 5.75 Å². The Morgan fingerprint density at radius 3 is 2.69 bits per heavy atom. The van der Waals surface area contributed by atoms with E-state index in [2.05, 4.69) is 29.5 Å². The fourth-order valence-corrected chi connectivity index (χ4v) is 4.66. The molecule has 4 aromatic rings. The van der Waals surface area contributed by atoms with Gasteiger partial charge in [0.15, 0.2) is 5.76 Å². The Morgan fingerprint density at radius 2 is 1.97 bits per heavy atom. The highest BCUT2D eigenvalue weighted by molar-refractivity contribution is 7.16. The van der Waals surface area contributed by atoms with Crippen LogP contribution in [0.4, 0.5) is 10.8 Å². The largest absolute Gasteiger partial charge is 0.497 e. The Bertz CT molecular complexity index is 1230. The molecule has 0 aliphatic heterocycles. The van der Waals surface area contributed by atoms with Gasteiger partial charge in [-0.3, -0.25) is 4.79 Å². The van der Waals surface area contributed by atoms with Crippen LogP contribution in [0.2, 0.25) is 0 Å². The third-order valence-electron chi connectivity index (χ3n) is 5.33. The van der Waals surface area contributed by atoms with Gasteiger partial charge >= 0.3 is 0 Å². The molecule has 0 saturated heterocycles. The Labute approximate surface area is 191 Å². The fourth-order valence-electron chi connectivity index (χ4n) is 3.56. The topological polar surface area (TPSA) is 76.4 Å². The van der Waals surface area contributed by atoms with E-state index in [0.29, 0.717) is 0 Å². The molecule has 0 aliphatic rings. The first-order chi connectivity index (χ1) is 15.5. The van der Waals surface area contributed by atoms with Crippen LogP contribution in [-0.2, 0) is 0 Å². The molecule has 2 N–H and O–H groups in total. The summed E-state index contributed by atoms with van der Waals surface area (Å²) in [5.74, 6) is 1.50. The van der Waals surface area contributed by atoms with Gasteiger partial charge < -0.3 is 19.8 Å². The lowest BCUT2D eigenvalue weighted by atomic mass is 9.96. The Balaban J connectivity index is 1.80. The smallest absolute Gasteiger partial charge is 0.291 e. The molecule has 7 heteroatoms. The number of carbonyl (C=O) groups is 1. The molecule has 0 aliphatic carbocycles. The van der Waals surface area contributed by atoms with Crippen LogP contribution in [0.1, 0.15) is 43.7 Å². The van der Waals surface area contributed by atoms with E-state index < -0.39 is 0 Å². The van der Waals surface area contributed by atoms with Crippen LogP contribution in [0.3, 0.4) is 0 Å². The molecule has 32 heavy (non-hydrogen) atoms. The van der Waals surface area contributed by atoms with Gasteiger partial charge in [-0.05, 0) is 73.9 Å². The zero-order valence-corrected chi connectivity index (χ0v) is 19.2. The van der Waals surface area contributed by atoms with Gasteiger partial charge in [-0.15, -0.1) is 11.3 Å². The van der Waals surface area contributed by atoms with Gasteiger partial charge in [0.1, 0.15) is 16.6 Å². The monoisotopic (exact) mass is 447 g/mol. The molecule has 1 aromatic carbocycles. The third-order valence-corrected chi connectivity index (χ3v) is 6.47. The number of rotatable bonds is 7. The van der Waals surface area contributed by atoms with Crippen molar-refractivity contribution in [3.8, 4) is 5.75 Å². The second-order valence-electron chi connectivity index (χ2n) is 7.53. The number of ether oxygens (including phenoxy) is 1. The van der Waals surface area contributed by atoms with Crippen molar-refractivity contribution in [2.45, 2.75) is 26.8 Å². The Hall–Kier alpha value is -3.58. The lowest BCUT2D eigenvalue weighted by molar-refractivity contribution is 0.0997. The quantitative estimate of drug-likeness (QED) is 0.357. The summed E-state index contributed by atoms with van der Waals surface area (Å²) < 4.78 is 10.7. The van der Waals surface area contributed by atoms with Crippen molar-refractivity contribution < 1.29 is 13.9 Å². The molecule has 0 fully saturated rings. The molecule has 1 amide bonds. The summed E-state index contributed by atoms with van der Waals surface area (Å²) >= 11 is 1.55. The van der Waals surface area contributed by atoms with Crippen molar-refractivity contribution in [3.05, 3.63) is 93.9 Å². The molecule has 0 bridgehead atoms. The van der Waals surface area contributed by atoms with Crippen LogP contribution in [-0.4, -0.2) is 18.0 Å². The number of methoxy groups -OCH3 is 1. The summed E-state index contributed by atoms with van der Waals surface area (Å²) in [5, 5.41) is 7.39. The number of aromatic nitrogens is 1. The van der Waals surface area contributed by atoms with Crippen LogP contribution < -0.4 is 15.4 Å². The normalized spacial score (nSPS) is 11.8. The number of pyridine rings is 1. The maximum atomic E-state index is 12.8. The van der Waals surface area contributed by atoms with E-state index in [-0.39, 0.29) is 17.7 Å². The molecule has 0 radical (unpaired) electrons. The molecular formula is C25H25N3O3S. The van der Waals surface area contributed by atoms with Crippen molar-refractivity contribution in [2.75, 3.05) is 17.7 Å². The molecule has 164 valence electrons. The first-order valence-corrected chi connectivity index (χ1v) is 11.1. The number of nitrogens with zero attached hydrogens (tertiary/aromatic N) is 1. The van der Waals surface area contributed by atoms with Gasteiger partial charge in [-0.2, -0.15) is 0 Å². The van der Waals surface area contributed by atoms with Crippen molar-refractivity contribution in [3.63, 3.8) is 0 Å². The molecule has 6 nitrogen and oxygen atoms in total.